The summed E-state index contributed by atoms with van der Waals surface area (Å²) in [6.45, 7) is -0.0828. The number of nitrogens with zero attached hydrogens (tertiary/aromatic N) is 3. The van der Waals surface area contributed by atoms with E-state index in [0.717, 1.165) is 0 Å². The second-order valence-corrected chi connectivity index (χ2v) is 2.33. The maximum absolute atomic E-state index is 10.9. The molecule has 0 bridgehead atoms. The number of hydrogen-bond acceptors (Lipinski definition) is 6. The Morgan fingerprint density at radius 3 is 2.71 bits per heavy atom. The zero-order valence-electron chi connectivity index (χ0n) is 7.76. The van der Waals surface area contributed by atoms with Crippen LogP contribution >= 0.6 is 0 Å². The van der Waals surface area contributed by atoms with Crippen LogP contribution in [0.3, 0.4) is 0 Å². The summed E-state index contributed by atoms with van der Waals surface area (Å²) in [7, 11) is 2.49. The van der Waals surface area contributed by atoms with Crippen LogP contribution in [0.15, 0.2) is 6.33 Å². The number of rotatable bonds is 3. The van der Waals surface area contributed by atoms with Gasteiger partial charge in [0.15, 0.2) is 0 Å². The standard InChI is InChI=1S/C7H9N3O4/c1-13-5(11)3-10-4-8-6(9-10)7(12)14-2/h4H,3H2,1-2H3. The van der Waals surface area contributed by atoms with Gasteiger partial charge in [-0.1, -0.05) is 0 Å². The van der Waals surface area contributed by atoms with Crippen LogP contribution in [-0.4, -0.2) is 40.9 Å². The van der Waals surface area contributed by atoms with Crippen LogP contribution in [0.1, 0.15) is 10.6 Å². The summed E-state index contributed by atoms with van der Waals surface area (Å²) >= 11 is 0. The quantitative estimate of drug-likeness (QED) is 0.595. The lowest BCUT2D eigenvalue weighted by molar-refractivity contribution is -0.141. The van der Waals surface area contributed by atoms with E-state index in [9.17, 15) is 9.59 Å². The van der Waals surface area contributed by atoms with E-state index in [-0.39, 0.29) is 12.4 Å². The first-order valence-electron chi connectivity index (χ1n) is 3.72. The van der Waals surface area contributed by atoms with E-state index in [1.807, 2.05) is 0 Å². The van der Waals surface area contributed by atoms with Crippen LogP contribution in [0.25, 0.3) is 0 Å². The molecule has 0 aliphatic rings. The first kappa shape index (κ1) is 10.2. The van der Waals surface area contributed by atoms with Gasteiger partial charge in [0.25, 0.3) is 5.82 Å². The summed E-state index contributed by atoms with van der Waals surface area (Å²) in [6, 6.07) is 0. The van der Waals surface area contributed by atoms with Gasteiger partial charge in [0, 0.05) is 0 Å². The Morgan fingerprint density at radius 1 is 1.43 bits per heavy atom. The van der Waals surface area contributed by atoms with E-state index in [0.29, 0.717) is 0 Å². The highest BCUT2D eigenvalue weighted by atomic mass is 16.5. The van der Waals surface area contributed by atoms with Crippen LogP contribution < -0.4 is 0 Å². The highest BCUT2D eigenvalue weighted by Crippen LogP contribution is 1.93. The molecule has 0 aliphatic heterocycles. The van der Waals surface area contributed by atoms with Crippen molar-refractivity contribution in [2.24, 2.45) is 0 Å². The fourth-order valence-corrected chi connectivity index (χ4v) is 0.752. The summed E-state index contributed by atoms with van der Waals surface area (Å²) in [6.07, 6.45) is 1.25. The molecule has 0 spiro atoms. The summed E-state index contributed by atoms with van der Waals surface area (Å²) in [5.41, 5.74) is 0. The highest BCUT2D eigenvalue weighted by molar-refractivity contribution is 5.84. The van der Waals surface area contributed by atoms with Crippen LogP contribution in [-0.2, 0) is 20.8 Å². The average molecular weight is 199 g/mol. The first-order chi connectivity index (χ1) is 6.67. The zero-order valence-corrected chi connectivity index (χ0v) is 7.76. The van der Waals surface area contributed by atoms with Crippen molar-refractivity contribution in [3.63, 3.8) is 0 Å². The lowest BCUT2D eigenvalue weighted by Gasteiger charge is -1.97. The Labute approximate surface area is 79.6 Å². The summed E-state index contributed by atoms with van der Waals surface area (Å²) in [4.78, 5) is 25.4. The molecule has 7 nitrogen and oxygen atoms in total. The Balaban J connectivity index is 2.68. The van der Waals surface area contributed by atoms with Crippen molar-refractivity contribution in [2.75, 3.05) is 14.2 Å². The van der Waals surface area contributed by atoms with E-state index in [1.54, 1.807) is 0 Å². The third-order valence-electron chi connectivity index (χ3n) is 1.42. The van der Waals surface area contributed by atoms with Gasteiger partial charge >= 0.3 is 11.9 Å². The van der Waals surface area contributed by atoms with Gasteiger partial charge in [0.05, 0.1) is 14.2 Å². The van der Waals surface area contributed by atoms with E-state index >= 15 is 0 Å². The van der Waals surface area contributed by atoms with Crippen molar-refractivity contribution in [3.05, 3.63) is 12.2 Å². The van der Waals surface area contributed by atoms with Crippen molar-refractivity contribution in [1.29, 1.82) is 0 Å². The molecule has 1 heterocycles. The van der Waals surface area contributed by atoms with Gasteiger partial charge in [0.2, 0.25) is 0 Å². The molecule has 0 unspecified atom stereocenters. The van der Waals surface area contributed by atoms with Gasteiger partial charge in [-0.15, -0.1) is 5.10 Å². The molecule has 1 aromatic rings. The monoisotopic (exact) mass is 199 g/mol. The molecule has 0 fully saturated rings. The molecule has 7 heteroatoms. The molecule has 0 saturated carbocycles. The van der Waals surface area contributed by atoms with Gasteiger partial charge in [-0.25, -0.2) is 14.5 Å². The molecular weight excluding hydrogens is 190 g/mol. The fraction of sp³-hybridized carbons (Fsp3) is 0.429. The smallest absolute Gasteiger partial charge is 0.377 e. The van der Waals surface area contributed by atoms with Gasteiger partial charge < -0.3 is 9.47 Å². The van der Waals surface area contributed by atoms with Crippen molar-refractivity contribution < 1.29 is 19.1 Å². The van der Waals surface area contributed by atoms with Gasteiger partial charge in [0.1, 0.15) is 12.9 Å². The molecule has 1 rings (SSSR count). The van der Waals surface area contributed by atoms with Crippen LogP contribution in [0.5, 0.6) is 0 Å². The second kappa shape index (κ2) is 4.35. The maximum Gasteiger partial charge on any atom is 0.377 e. The summed E-state index contributed by atoms with van der Waals surface area (Å²) in [5, 5.41) is 3.70. The summed E-state index contributed by atoms with van der Waals surface area (Å²) in [5.74, 6) is -1.20. The summed E-state index contributed by atoms with van der Waals surface area (Å²) < 4.78 is 9.99. The Morgan fingerprint density at radius 2 is 2.14 bits per heavy atom. The molecule has 14 heavy (non-hydrogen) atoms. The second-order valence-electron chi connectivity index (χ2n) is 2.33. The number of carbonyl (C=O) groups excluding carboxylic acids is 2. The third-order valence-corrected chi connectivity index (χ3v) is 1.42. The molecule has 0 aliphatic carbocycles. The molecule has 0 saturated heterocycles. The van der Waals surface area contributed by atoms with Crippen LogP contribution in [0.4, 0.5) is 0 Å². The zero-order chi connectivity index (χ0) is 10.6. The minimum Gasteiger partial charge on any atom is -0.468 e. The van der Waals surface area contributed by atoms with Crippen molar-refractivity contribution in [2.45, 2.75) is 6.54 Å². The third kappa shape index (κ3) is 2.28. The average Bonchev–Trinajstić information content (AvgIpc) is 2.65. The molecule has 0 atom stereocenters. The normalized spacial score (nSPS) is 9.57. The Bertz CT molecular complexity index is 346. The van der Waals surface area contributed by atoms with E-state index in [1.165, 1.54) is 25.2 Å². The van der Waals surface area contributed by atoms with Crippen molar-refractivity contribution in [1.82, 2.24) is 14.8 Å². The lowest BCUT2D eigenvalue weighted by Crippen LogP contribution is -2.13. The number of hydrogen-bond donors (Lipinski definition) is 0. The highest BCUT2D eigenvalue weighted by Gasteiger charge is 2.12. The maximum atomic E-state index is 10.9. The van der Waals surface area contributed by atoms with Crippen LogP contribution in [0.2, 0.25) is 0 Å². The van der Waals surface area contributed by atoms with Gasteiger partial charge in [-0.05, 0) is 0 Å². The first-order valence-corrected chi connectivity index (χ1v) is 3.72. The minimum atomic E-state index is -0.645. The van der Waals surface area contributed by atoms with E-state index in [2.05, 4.69) is 19.6 Å². The topological polar surface area (TPSA) is 83.3 Å². The Kier molecular flexibility index (Phi) is 3.16. The largest absolute Gasteiger partial charge is 0.468 e. The number of ether oxygens (including phenoxy) is 2. The van der Waals surface area contributed by atoms with Crippen molar-refractivity contribution in [3.8, 4) is 0 Å². The fourth-order valence-electron chi connectivity index (χ4n) is 0.752. The van der Waals surface area contributed by atoms with Crippen molar-refractivity contribution >= 4 is 11.9 Å². The molecule has 0 radical (unpaired) electrons. The van der Waals surface area contributed by atoms with E-state index in [4.69, 9.17) is 0 Å². The molecule has 0 aromatic carbocycles. The number of aromatic nitrogens is 3. The predicted molar refractivity (Wildman–Crippen MR) is 43.4 cm³/mol. The molecule has 0 N–H and O–H groups in total. The molecule has 76 valence electrons. The minimum absolute atomic E-state index is 0.0828. The lowest BCUT2D eigenvalue weighted by atomic mass is 10.6. The predicted octanol–water partition coefficient (Wildman–Crippen LogP) is -0.762. The number of esters is 2. The number of carbonyl (C=O) groups is 2. The van der Waals surface area contributed by atoms with Gasteiger partial charge in [-0.2, -0.15) is 0 Å². The Hall–Kier alpha value is -1.92. The number of methoxy groups -OCH3 is 2. The molecule has 1 aromatic heterocycles. The SMILES string of the molecule is COC(=O)Cn1cnc(C(=O)OC)n1. The van der Waals surface area contributed by atoms with Gasteiger partial charge in [-0.3, -0.25) is 4.79 Å². The van der Waals surface area contributed by atoms with Crippen LogP contribution in [0, 0.1) is 0 Å². The molecule has 0 amide bonds. The molecular formula is C7H9N3O4. The van der Waals surface area contributed by atoms with E-state index < -0.39 is 11.9 Å².